The number of thiophene rings is 1. The molecular weight excluding hydrogens is 364 g/mol. The standard InChI is InChI=1S/C19H18N4O3S/c24-18(16-4-2-12-27-16)21-17-6-5-14(13-20-17)22-7-9-23(10-8-22)19(25)15-3-1-11-26-15/h1-6,11-13H,7-10H2,(H,20,21,24). The van der Waals surface area contributed by atoms with Crippen LogP contribution in [0.15, 0.2) is 58.7 Å². The van der Waals surface area contributed by atoms with E-state index in [0.29, 0.717) is 29.5 Å². The van der Waals surface area contributed by atoms with Crippen molar-refractivity contribution >= 4 is 34.7 Å². The highest BCUT2D eigenvalue weighted by molar-refractivity contribution is 7.12. The summed E-state index contributed by atoms with van der Waals surface area (Å²) in [7, 11) is 0. The first-order valence-electron chi connectivity index (χ1n) is 8.59. The first-order chi connectivity index (χ1) is 13.2. The number of carbonyl (C=O) groups excluding carboxylic acids is 2. The van der Waals surface area contributed by atoms with Crippen LogP contribution < -0.4 is 10.2 Å². The minimum absolute atomic E-state index is 0.0792. The van der Waals surface area contributed by atoms with Crippen molar-refractivity contribution in [3.63, 3.8) is 0 Å². The van der Waals surface area contributed by atoms with Gasteiger partial charge in [-0.2, -0.15) is 0 Å². The summed E-state index contributed by atoms with van der Waals surface area (Å²) < 4.78 is 5.18. The van der Waals surface area contributed by atoms with Gasteiger partial charge in [0.25, 0.3) is 11.8 Å². The predicted octanol–water partition coefficient (Wildman–Crippen LogP) is 2.95. The molecule has 3 aromatic heterocycles. The molecule has 2 amide bonds. The van der Waals surface area contributed by atoms with Crippen LogP contribution in [0.1, 0.15) is 20.2 Å². The number of nitrogens with one attached hydrogen (secondary N) is 1. The molecular formula is C19H18N4O3S. The molecule has 4 rings (SSSR count). The van der Waals surface area contributed by atoms with Crippen LogP contribution in [0.5, 0.6) is 0 Å². The van der Waals surface area contributed by atoms with Crippen molar-refractivity contribution in [1.82, 2.24) is 9.88 Å². The number of aromatic nitrogens is 1. The minimum atomic E-state index is -0.157. The number of anilines is 2. The van der Waals surface area contributed by atoms with E-state index in [1.165, 1.54) is 17.6 Å². The Morgan fingerprint density at radius 2 is 1.93 bits per heavy atom. The van der Waals surface area contributed by atoms with Gasteiger partial charge in [0.05, 0.1) is 23.0 Å². The Bertz CT molecular complexity index is 899. The fourth-order valence-corrected chi connectivity index (χ4v) is 3.58. The quantitative estimate of drug-likeness (QED) is 0.751. The van der Waals surface area contributed by atoms with Gasteiger partial charge in [0, 0.05) is 26.2 Å². The Morgan fingerprint density at radius 1 is 1.07 bits per heavy atom. The summed E-state index contributed by atoms with van der Waals surface area (Å²) >= 11 is 1.39. The molecule has 138 valence electrons. The van der Waals surface area contributed by atoms with E-state index in [2.05, 4.69) is 15.2 Å². The first kappa shape index (κ1) is 17.3. The highest BCUT2D eigenvalue weighted by atomic mass is 32.1. The lowest BCUT2D eigenvalue weighted by atomic mass is 10.2. The number of hydrogen-bond acceptors (Lipinski definition) is 6. The lowest BCUT2D eigenvalue weighted by Crippen LogP contribution is -2.48. The van der Waals surface area contributed by atoms with Gasteiger partial charge in [-0.05, 0) is 35.7 Å². The second-order valence-electron chi connectivity index (χ2n) is 6.09. The van der Waals surface area contributed by atoms with Crippen molar-refractivity contribution in [3.05, 3.63) is 64.9 Å². The molecule has 1 saturated heterocycles. The van der Waals surface area contributed by atoms with Crippen LogP contribution in [0, 0.1) is 0 Å². The molecule has 1 N–H and O–H groups in total. The average molecular weight is 382 g/mol. The number of piperazine rings is 1. The van der Waals surface area contributed by atoms with Gasteiger partial charge in [-0.25, -0.2) is 4.98 Å². The molecule has 8 heteroatoms. The molecule has 1 aliphatic rings. The number of amides is 2. The molecule has 0 aromatic carbocycles. The van der Waals surface area contributed by atoms with Crippen LogP contribution in [-0.2, 0) is 0 Å². The maximum atomic E-state index is 12.3. The minimum Gasteiger partial charge on any atom is -0.459 e. The van der Waals surface area contributed by atoms with Gasteiger partial charge in [-0.3, -0.25) is 9.59 Å². The number of hydrogen-bond donors (Lipinski definition) is 1. The predicted molar refractivity (Wildman–Crippen MR) is 103 cm³/mol. The normalized spacial score (nSPS) is 14.2. The molecule has 0 saturated carbocycles. The summed E-state index contributed by atoms with van der Waals surface area (Å²) in [5.74, 6) is 0.652. The van der Waals surface area contributed by atoms with Crippen LogP contribution in [0.25, 0.3) is 0 Å². The molecule has 0 unspecified atom stereocenters. The number of carbonyl (C=O) groups is 2. The van der Waals surface area contributed by atoms with E-state index in [1.54, 1.807) is 35.4 Å². The first-order valence-corrected chi connectivity index (χ1v) is 9.47. The fraction of sp³-hybridized carbons (Fsp3) is 0.211. The average Bonchev–Trinajstić information content (AvgIpc) is 3.42. The number of rotatable bonds is 4. The van der Waals surface area contributed by atoms with Gasteiger partial charge in [0.2, 0.25) is 0 Å². The van der Waals surface area contributed by atoms with E-state index >= 15 is 0 Å². The molecule has 0 bridgehead atoms. The summed E-state index contributed by atoms with van der Waals surface area (Å²) in [4.78, 5) is 33.3. The summed E-state index contributed by atoms with van der Waals surface area (Å²) in [5, 5.41) is 4.65. The monoisotopic (exact) mass is 382 g/mol. The second-order valence-corrected chi connectivity index (χ2v) is 7.04. The van der Waals surface area contributed by atoms with Crippen molar-refractivity contribution in [2.45, 2.75) is 0 Å². The Morgan fingerprint density at radius 3 is 2.56 bits per heavy atom. The third-order valence-corrected chi connectivity index (χ3v) is 5.27. The Labute approximate surface area is 160 Å². The SMILES string of the molecule is O=C(Nc1ccc(N2CCN(C(=O)c3ccco3)CC2)cn1)c1cccs1. The van der Waals surface area contributed by atoms with E-state index < -0.39 is 0 Å². The Balaban J connectivity index is 1.33. The van der Waals surface area contributed by atoms with E-state index in [9.17, 15) is 9.59 Å². The van der Waals surface area contributed by atoms with E-state index in [0.717, 1.165) is 18.8 Å². The van der Waals surface area contributed by atoms with Crippen molar-refractivity contribution in [1.29, 1.82) is 0 Å². The van der Waals surface area contributed by atoms with Crippen molar-refractivity contribution < 1.29 is 14.0 Å². The molecule has 0 aliphatic carbocycles. The summed E-state index contributed by atoms with van der Waals surface area (Å²) in [6.07, 6.45) is 3.25. The Hall–Kier alpha value is -3.13. The molecule has 4 heterocycles. The molecule has 0 spiro atoms. The van der Waals surface area contributed by atoms with Gasteiger partial charge in [-0.15, -0.1) is 11.3 Å². The fourth-order valence-electron chi connectivity index (χ4n) is 2.96. The molecule has 1 fully saturated rings. The van der Waals surface area contributed by atoms with Crippen molar-refractivity contribution in [2.75, 3.05) is 36.4 Å². The molecule has 1 aliphatic heterocycles. The molecule has 7 nitrogen and oxygen atoms in total. The van der Waals surface area contributed by atoms with Gasteiger partial charge in [-0.1, -0.05) is 6.07 Å². The number of furan rings is 1. The van der Waals surface area contributed by atoms with Crippen molar-refractivity contribution in [2.24, 2.45) is 0 Å². The lowest BCUT2D eigenvalue weighted by molar-refractivity contribution is 0.0714. The zero-order valence-electron chi connectivity index (χ0n) is 14.5. The highest BCUT2D eigenvalue weighted by Crippen LogP contribution is 2.19. The summed E-state index contributed by atoms with van der Waals surface area (Å²) in [6.45, 7) is 2.68. The third-order valence-electron chi connectivity index (χ3n) is 4.40. The third kappa shape index (κ3) is 3.85. The smallest absolute Gasteiger partial charge is 0.289 e. The van der Waals surface area contributed by atoms with Gasteiger partial charge in [0.15, 0.2) is 5.76 Å². The number of nitrogens with zero attached hydrogens (tertiary/aromatic N) is 3. The largest absolute Gasteiger partial charge is 0.459 e. The maximum Gasteiger partial charge on any atom is 0.289 e. The Kier molecular flexibility index (Phi) is 4.88. The van der Waals surface area contributed by atoms with Gasteiger partial charge in [0.1, 0.15) is 5.82 Å². The second kappa shape index (κ2) is 7.63. The van der Waals surface area contributed by atoms with Gasteiger partial charge < -0.3 is 19.5 Å². The maximum absolute atomic E-state index is 12.3. The van der Waals surface area contributed by atoms with E-state index in [4.69, 9.17) is 4.42 Å². The zero-order chi connectivity index (χ0) is 18.6. The van der Waals surface area contributed by atoms with Crippen LogP contribution >= 0.6 is 11.3 Å². The summed E-state index contributed by atoms with van der Waals surface area (Å²) in [5.41, 5.74) is 0.967. The van der Waals surface area contributed by atoms with Crippen LogP contribution in [0.2, 0.25) is 0 Å². The van der Waals surface area contributed by atoms with Crippen molar-refractivity contribution in [3.8, 4) is 0 Å². The zero-order valence-corrected chi connectivity index (χ0v) is 15.3. The van der Waals surface area contributed by atoms with E-state index in [-0.39, 0.29) is 11.8 Å². The molecule has 3 aromatic rings. The van der Waals surface area contributed by atoms with Crippen LogP contribution in [0.4, 0.5) is 11.5 Å². The molecule has 0 radical (unpaired) electrons. The highest BCUT2D eigenvalue weighted by Gasteiger charge is 2.24. The topological polar surface area (TPSA) is 78.7 Å². The van der Waals surface area contributed by atoms with Crippen LogP contribution in [-0.4, -0.2) is 47.9 Å². The molecule has 27 heavy (non-hydrogen) atoms. The van der Waals surface area contributed by atoms with Crippen LogP contribution in [0.3, 0.4) is 0 Å². The summed E-state index contributed by atoms with van der Waals surface area (Å²) in [6, 6.07) is 10.7. The van der Waals surface area contributed by atoms with E-state index in [1.807, 2.05) is 17.5 Å². The molecule has 0 atom stereocenters. The van der Waals surface area contributed by atoms with Gasteiger partial charge >= 0.3 is 0 Å². The number of pyridine rings is 1. The lowest BCUT2D eigenvalue weighted by Gasteiger charge is -2.35.